The van der Waals surface area contributed by atoms with E-state index < -0.39 is 0 Å². The number of nitrogens with two attached hydrogens (primary N) is 1. The molecule has 2 aromatic rings. The van der Waals surface area contributed by atoms with Crippen molar-refractivity contribution in [2.45, 2.75) is 45.6 Å². The number of ether oxygens (including phenoxy) is 1. The fraction of sp³-hybridized carbons (Fsp3) is 0.370. The third-order valence-electron chi connectivity index (χ3n) is 6.83. The maximum Gasteiger partial charge on any atom is 0.254 e. The summed E-state index contributed by atoms with van der Waals surface area (Å²) in [5, 5.41) is 17.5. The fourth-order valence-corrected chi connectivity index (χ4v) is 4.62. The van der Waals surface area contributed by atoms with E-state index in [1.807, 2.05) is 62.1 Å². The highest BCUT2D eigenvalue weighted by Crippen LogP contribution is 2.31. The summed E-state index contributed by atoms with van der Waals surface area (Å²) in [5.41, 5.74) is 13.3. The molecule has 3 N–H and O–H groups in total. The predicted octanol–water partition coefficient (Wildman–Crippen LogP) is 4.30. The molecule has 1 atom stereocenters. The van der Waals surface area contributed by atoms with Crippen LogP contribution in [0.4, 0.5) is 0 Å². The van der Waals surface area contributed by atoms with Gasteiger partial charge in [-0.25, -0.2) is 0 Å². The molecule has 0 radical (unpaired) electrons. The summed E-state index contributed by atoms with van der Waals surface area (Å²) in [7, 11) is 0. The quantitative estimate of drug-likeness (QED) is 0.674. The minimum Gasteiger partial charge on any atom is -0.398 e. The van der Waals surface area contributed by atoms with Gasteiger partial charge in [-0.05, 0) is 74.1 Å². The smallest absolute Gasteiger partial charge is 0.254 e. The summed E-state index contributed by atoms with van der Waals surface area (Å²) in [4.78, 5) is 15.1. The van der Waals surface area contributed by atoms with E-state index in [9.17, 15) is 4.79 Å². The second-order valence-electron chi connectivity index (χ2n) is 9.08. The molecule has 4 rings (SSSR count). The number of amides is 1. The Morgan fingerprint density at radius 1 is 1.15 bits per heavy atom. The Labute approximate surface area is 195 Å². The van der Waals surface area contributed by atoms with E-state index in [0.717, 1.165) is 35.1 Å². The summed E-state index contributed by atoms with van der Waals surface area (Å²) in [6.07, 6.45) is 1.60. The van der Waals surface area contributed by atoms with Gasteiger partial charge in [0, 0.05) is 42.4 Å². The molecule has 2 aliphatic heterocycles. The van der Waals surface area contributed by atoms with Gasteiger partial charge in [-0.15, -0.1) is 0 Å². The number of rotatable bonds is 5. The molecule has 0 spiro atoms. The Morgan fingerprint density at radius 2 is 1.82 bits per heavy atom. The van der Waals surface area contributed by atoms with Gasteiger partial charge < -0.3 is 20.8 Å². The molecule has 6 heteroatoms. The average Bonchev–Trinajstić information content (AvgIpc) is 3.32. The minimum absolute atomic E-state index is 0.00157. The van der Waals surface area contributed by atoms with Gasteiger partial charge in [0.15, 0.2) is 0 Å². The molecule has 0 aliphatic carbocycles. The summed E-state index contributed by atoms with van der Waals surface area (Å²) >= 11 is 0. The number of likely N-dealkylation sites (tertiary alicyclic amines) is 1. The van der Waals surface area contributed by atoms with Gasteiger partial charge in [-0.3, -0.25) is 4.79 Å². The van der Waals surface area contributed by atoms with Gasteiger partial charge in [0.1, 0.15) is 0 Å². The molecule has 0 bridgehead atoms. The van der Waals surface area contributed by atoms with Gasteiger partial charge in [0.25, 0.3) is 5.91 Å². The van der Waals surface area contributed by atoms with Crippen molar-refractivity contribution in [3.05, 3.63) is 75.4 Å². The van der Waals surface area contributed by atoms with Gasteiger partial charge >= 0.3 is 0 Å². The Hall–Kier alpha value is -3.43. The van der Waals surface area contributed by atoms with Crippen molar-refractivity contribution < 1.29 is 9.53 Å². The topological polar surface area (TPSA) is 103 Å². The molecule has 0 aromatic heterocycles. The third kappa shape index (κ3) is 4.42. The number of benzene rings is 2. The van der Waals surface area contributed by atoms with Gasteiger partial charge in [0.2, 0.25) is 0 Å². The van der Waals surface area contributed by atoms with E-state index in [1.165, 1.54) is 0 Å². The summed E-state index contributed by atoms with van der Waals surface area (Å²) in [6.45, 7) is 7.78. The van der Waals surface area contributed by atoms with Gasteiger partial charge in [-0.2, -0.15) is 5.26 Å². The highest BCUT2D eigenvalue weighted by molar-refractivity contribution is 6.07. The van der Waals surface area contributed by atoms with Crippen LogP contribution in [0.15, 0.2) is 42.0 Å². The number of carbonyl (C=O) groups excluding carboxylic acids is 1. The second-order valence-corrected chi connectivity index (χ2v) is 9.08. The van der Waals surface area contributed by atoms with Crippen molar-refractivity contribution in [1.29, 1.82) is 10.7 Å². The monoisotopic (exact) mass is 442 g/mol. The van der Waals surface area contributed by atoms with Crippen LogP contribution in [0, 0.1) is 30.6 Å². The van der Waals surface area contributed by atoms with Gasteiger partial charge in [0.05, 0.1) is 23.4 Å². The average molecular weight is 443 g/mol. The van der Waals surface area contributed by atoms with Crippen molar-refractivity contribution >= 4 is 17.3 Å². The zero-order valence-electron chi connectivity index (χ0n) is 19.4. The first-order chi connectivity index (χ1) is 15.8. The Kier molecular flexibility index (Phi) is 6.35. The van der Waals surface area contributed by atoms with Crippen molar-refractivity contribution in [3.8, 4) is 6.07 Å². The molecule has 2 aromatic carbocycles. The Balaban J connectivity index is 1.53. The van der Waals surface area contributed by atoms with E-state index in [4.69, 9.17) is 21.1 Å². The SMILES string of the molecule is C/C(C(=N)C1CCCO1)=C(/N)c1cc(C(=O)N2CC(c3ccc(C#N)cc3)C2)c(C)cc1C. The molecule has 2 aliphatic rings. The van der Waals surface area contributed by atoms with Crippen molar-refractivity contribution in [1.82, 2.24) is 4.90 Å². The lowest BCUT2D eigenvalue weighted by molar-refractivity contribution is 0.0601. The van der Waals surface area contributed by atoms with E-state index >= 15 is 0 Å². The van der Waals surface area contributed by atoms with E-state index in [2.05, 4.69) is 6.07 Å². The number of hydrogen-bond acceptors (Lipinski definition) is 5. The lowest BCUT2D eigenvalue weighted by atomic mass is 9.89. The molecule has 6 nitrogen and oxygen atoms in total. The number of hydrogen-bond donors (Lipinski definition) is 2. The second kappa shape index (κ2) is 9.21. The van der Waals surface area contributed by atoms with Crippen LogP contribution in [0.1, 0.15) is 63.9 Å². The van der Waals surface area contributed by atoms with E-state index in [-0.39, 0.29) is 17.9 Å². The first-order valence-electron chi connectivity index (χ1n) is 11.4. The van der Waals surface area contributed by atoms with Crippen LogP contribution < -0.4 is 5.73 Å². The number of nitrogens with zero attached hydrogens (tertiary/aromatic N) is 2. The van der Waals surface area contributed by atoms with Crippen molar-refractivity contribution in [2.24, 2.45) is 5.73 Å². The molecule has 2 heterocycles. The molecule has 1 amide bonds. The van der Waals surface area contributed by atoms with Crippen LogP contribution in [0.2, 0.25) is 0 Å². The lowest BCUT2D eigenvalue weighted by Gasteiger charge is -2.40. The normalized spacial score (nSPS) is 19.0. The number of nitriles is 1. The largest absolute Gasteiger partial charge is 0.398 e. The fourth-order valence-electron chi connectivity index (χ4n) is 4.62. The number of aryl methyl sites for hydroxylation is 2. The third-order valence-corrected chi connectivity index (χ3v) is 6.83. The molecule has 2 fully saturated rings. The zero-order valence-corrected chi connectivity index (χ0v) is 19.4. The number of carbonyl (C=O) groups is 1. The zero-order chi connectivity index (χ0) is 23.7. The van der Waals surface area contributed by atoms with Crippen molar-refractivity contribution in [3.63, 3.8) is 0 Å². The first-order valence-corrected chi connectivity index (χ1v) is 11.4. The summed E-state index contributed by atoms with van der Waals surface area (Å²) in [6, 6.07) is 13.6. The van der Waals surface area contributed by atoms with Crippen LogP contribution in [0.5, 0.6) is 0 Å². The first kappa shape index (κ1) is 22.8. The lowest BCUT2D eigenvalue weighted by Crippen LogP contribution is -2.48. The van der Waals surface area contributed by atoms with Crippen LogP contribution in [0.25, 0.3) is 5.70 Å². The van der Waals surface area contributed by atoms with Crippen molar-refractivity contribution in [2.75, 3.05) is 19.7 Å². The summed E-state index contributed by atoms with van der Waals surface area (Å²) in [5.74, 6) is 0.282. The molecular formula is C27H30N4O2. The van der Waals surface area contributed by atoms with Crippen LogP contribution in [-0.2, 0) is 4.74 Å². The highest BCUT2D eigenvalue weighted by Gasteiger charge is 2.33. The molecule has 1 unspecified atom stereocenters. The van der Waals surface area contributed by atoms with E-state index in [0.29, 0.717) is 47.8 Å². The molecule has 170 valence electrons. The highest BCUT2D eigenvalue weighted by atomic mass is 16.5. The van der Waals surface area contributed by atoms with Crippen LogP contribution in [0.3, 0.4) is 0 Å². The minimum atomic E-state index is -0.198. The molecule has 33 heavy (non-hydrogen) atoms. The molecular weight excluding hydrogens is 412 g/mol. The van der Waals surface area contributed by atoms with Gasteiger partial charge in [-0.1, -0.05) is 18.2 Å². The standard InChI is InChI=1S/C27H30N4O2/c1-16-11-17(2)23(12-22(16)25(29)18(3)26(30)24-5-4-10-33-24)27(32)31-14-21(15-31)20-8-6-19(13-28)7-9-20/h6-9,11-12,21,24,30H,4-5,10,14-15,29H2,1-3H3/b25-18-,30-26?. The van der Waals surface area contributed by atoms with E-state index in [1.54, 1.807) is 0 Å². The van der Waals surface area contributed by atoms with Crippen LogP contribution >= 0.6 is 0 Å². The Morgan fingerprint density at radius 3 is 2.42 bits per heavy atom. The maximum atomic E-state index is 13.3. The molecule has 0 saturated carbocycles. The number of nitrogens with one attached hydrogen (secondary N) is 1. The summed E-state index contributed by atoms with van der Waals surface area (Å²) < 4.78 is 5.66. The molecule has 2 saturated heterocycles. The Bertz CT molecular complexity index is 1160. The predicted molar refractivity (Wildman–Crippen MR) is 129 cm³/mol. The maximum absolute atomic E-state index is 13.3. The van der Waals surface area contributed by atoms with Crippen LogP contribution in [-0.4, -0.2) is 42.3 Å².